The first kappa shape index (κ1) is 17.2. The second-order valence-electron chi connectivity index (χ2n) is 6.01. The highest BCUT2D eigenvalue weighted by Crippen LogP contribution is 2.26. The Bertz CT molecular complexity index is 1230. The van der Waals surface area contributed by atoms with Gasteiger partial charge in [0, 0.05) is 0 Å². The lowest BCUT2D eigenvalue weighted by Crippen LogP contribution is -2.02. The fraction of sp³-hybridized carbons (Fsp3) is 0. The van der Waals surface area contributed by atoms with E-state index in [9.17, 15) is 12.8 Å². The molecule has 0 spiro atoms. The van der Waals surface area contributed by atoms with Crippen molar-refractivity contribution >= 4 is 33.0 Å². The van der Waals surface area contributed by atoms with Crippen LogP contribution >= 0.6 is 0 Å². The molecule has 0 aliphatic heterocycles. The van der Waals surface area contributed by atoms with Gasteiger partial charge in [0.25, 0.3) is 0 Å². The van der Waals surface area contributed by atoms with Gasteiger partial charge in [0.15, 0.2) is 0 Å². The molecule has 0 saturated carbocycles. The van der Waals surface area contributed by atoms with Gasteiger partial charge < -0.3 is 4.98 Å². The highest BCUT2D eigenvalue weighted by atomic mass is 32.2. The Hall–Kier alpha value is -3.25. The number of fused-ring (bicyclic) bond motifs is 1. The van der Waals surface area contributed by atoms with Crippen molar-refractivity contribution in [1.82, 2.24) is 9.97 Å². The molecule has 27 heavy (non-hydrogen) atoms. The molecule has 0 bridgehead atoms. The Morgan fingerprint density at radius 3 is 2.15 bits per heavy atom. The zero-order valence-electron chi connectivity index (χ0n) is 14.1. The standard InChI is InChI=1S/C21H15FN2O2S/c22-17-10-6-15(7-11-17)4-5-16-8-12-18(13-9-16)27(25,26)20-3-1-2-19-21(20)24-14-23-19/h1-14H,(H,23,24)/b5-4+. The van der Waals surface area contributed by atoms with Gasteiger partial charge in [-0.05, 0) is 47.5 Å². The lowest BCUT2D eigenvalue weighted by atomic mass is 10.1. The molecule has 0 atom stereocenters. The van der Waals surface area contributed by atoms with Crippen LogP contribution < -0.4 is 0 Å². The maximum absolute atomic E-state index is 13.0. The van der Waals surface area contributed by atoms with E-state index >= 15 is 0 Å². The number of rotatable bonds is 4. The number of nitrogens with zero attached hydrogens (tertiary/aromatic N) is 1. The number of hydrogen-bond acceptors (Lipinski definition) is 3. The molecule has 4 aromatic rings. The topological polar surface area (TPSA) is 62.8 Å². The number of aromatic amines is 1. The lowest BCUT2D eigenvalue weighted by Gasteiger charge is -2.06. The smallest absolute Gasteiger partial charge is 0.208 e. The monoisotopic (exact) mass is 378 g/mol. The normalized spacial score (nSPS) is 12.0. The molecular weight excluding hydrogens is 363 g/mol. The van der Waals surface area contributed by atoms with E-state index in [-0.39, 0.29) is 15.6 Å². The van der Waals surface area contributed by atoms with Crippen LogP contribution in [0.3, 0.4) is 0 Å². The maximum Gasteiger partial charge on any atom is 0.208 e. The van der Waals surface area contributed by atoms with Gasteiger partial charge >= 0.3 is 0 Å². The molecule has 1 aromatic heterocycles. The van der Waals surface area contributed by atoms with Crippen LogP contribution in [0.4, 0.5) is 4.39 Å². The van der Waals surface area contributed by atoms with Crippen LogP contribution in [-0.4, -0.2) is 18.4 Å². The summed E-state index contributed by atoms with van der Waals surface area (Å²) in [5.74, 6) is -0.284. The van der Waals surface area contributed by atoms with Gasteiger partial charge in [-0.25, -0.2) is 17.8 Å². The van der Waals surface area contributed by atoms with Gasteiger partial charge in [-0.3, -0.25) is 0 Å². The Morgan fingerprint density at radius 1 is 0.852 bits per heavy atom. The molecule has 4 nitrogen and oxygen atoms in total. The SMILES string of the molecule is O=S(=O)(c1ccc(/C=C/c2ccc(F)cc2)cc1)c1cccc2[nH]cnc12. The van der Waals surface area contributed by atoms with Crippen molar-refractivity contribution in [3.05, 3.63) is 90.0 Å². The second kappa shape index (κ2) is 6.81. The fourth-order valence-corrected chi connectivity index (χ4v) is 4.23. The summed E-state index contributed by atoms with van der Waals surface area (Å²) in [7, 11) is -3.67. The predicted molar refractivity (Wildman–Crippen MR) is 103 cm³/mol. The van der Waals surface area contributed by atoms with Gasteiger partial charge in [0.1, 0.15) is 11.3 Å². The molecule has 4 rings (SSSR count). The van der Waals surface area contributed by atoms with Crippen molar-refractivity contribution in [2.45, 2.75) is 9.79 Å². The predicted octanol–water partition coefficient (Wildman–Crippen LogP) is 4.71. The number of para-hydroxylation sites is 1. The molecule has 0 unspecified atom stereocenters. The van der Waals surface area contributed by atoms with Gasteiger partial charge in [-0.2, -0.15) is 0 Å². The van der Waals surface area contributed by atoms with E-state index in [0.717, 1.165) is 11.1 Å². The Labute approximate surface area is 155 Å². The molecule has 0 amide bonds. The summed E-state index contributed by atoms with van der Waals surface area (Å²) in [4.78, 5) is 7.43. The van der Waals surface area contributed by atoms with E-state index in [1.807, 2.05) is 12.2 Å². The van der Waals surface area contributed by atoms with Crippen molar-refractivity contribution in [2.75, 3.05) is 0 Å². The van der Waals surface area contributed by atoms with E-state index in [1.165, 1.54) is 18.5 Å². The summed E-state index contributed by atoms with van der Waals surface area (Å²) in [6.45, 7) is 0. The number of nitrogens with one attached hydrogen (secondary N) is 1. The summed E-state index contributed by atoms with van der Waals surface area (Å²) < 4.78 is 38.9. The summed E-state index contributed by atoms with van der Waals surface area (Å²) in [6.07, 6.45) is 5.17. The van der Waals surface area contributed by atoms with Crippen LogP contribution in [0, 0.1) is 5.82 Å². The van der Waals surface area contributed by atoms with Crippen molar-refractivity contribution in [3.63, 3.8) is 0 Å². The van der Waals surface area contributed by atoms with E-state index in [0.29, 0.717) is 11.0 Å². The average molecular weight is 378 g/mol. The van der Waals surface area contributed by atoms with Crippen molar-refractivity contribution in [3.8, 4) is 0 Å². The third-order valence-electron chi connectivity index (χ3n) is 4.23. The Kier molecular flexibility index (Phi) is 4.33. The van der Waals surface area contributed by atoms with Gasteiger partial charge in [-0.15, -0.1) is 0 Å². The molecule has 6 heteroatoms. The molecule has 1 heterocycles. The second-order valence-corrected chi connectivity index (χ2v) is 7.93. The number of aromatic nitrogens is 2. The number of sulfone groups is 1. The largest absolute Gasteiger partial charge is 0.345 e. The van der Waals surface area contributed by atoms with E-state index < -0.39 is 9.84 Å². The Morgan fingerprint density at radius 2 is 1.48 bits per heavy atom. The number of halogens is 1. The third-order valence-corrected chi connectivity index (χ3v) is 6.03. The molecule has 0 aliphatic rings. The number of imidazole rings is 1. The molecule has 0 fully saturated rings. The molecule has 3 aromatic carbocycles. The summed E-state index contributed by atoms with van der Waals surface area (Å²) >= 11 is 0. The van der Waals surface area contributed by atoms with Gasteiger partial charge in [0.2, 0.25) is 9.84 Å². The molecule has 1 N–H and O–H groups in total. The van der Waals surface area contributed by atoms with Crippen molar-refractivity contribution in [2.24, 2.45) is 0 Å². The maximum atomic E-state index is 13.0. The number of hydrogen-bond donors (Lipinski definition) is 1. The zero-order chi connectivity index (χ0) is 18.9. The Balaban J connectivity index is 1.63. The first-order valence-electron chi connectivity index (χ1n) is 8.25. The van der Waals surface area contributed by atoms with Crippen LogP contribution in [0.2, 0.25) is 0 Å². The lowest BCUT2D eigenvalue weighted by molar-refractivity contribution is 0.597. The van der Waals surface area contributed by atoms with Gasteiger partial charge in [-0.1, -0.05) is 42.5 Å². The van der Waals surface area contributed by atoms with Crippen LogP contribution in [-0.2, 0) is 9.84 Å². The van der Waals surface area contributed by atoms with Crippen LogP contribution in [0.15, 0.2) is 82.8 Å². The minimum absolute atomic E-state index is 0.177. The summed E-state index contributed by atoms with van der Waals surface area (Å²) in [5, 5.41) is 0. The minimum atomic E-state index is -3.67. The first-order valence-corrected chi connectivity index (χ1v) is 9.73. The van der Waals surface area contributed by atoms with Crippen molar-refractivity contribution in [1.29, 1.82) is 0 Å². The zero-order valence-corrected chi connectivity index (χ0v) is 14.9. The molecule has 0 saturated heterocycles. The molecule has 0 aliphatic carbocycles. The first-order chi connectivity index (χ1) is 13.0. The molecule has 0 radical (unpaired) electrons. The molecule has 134 valence electrons. The number of benzene rings is 3. The summed E-state index contributed by atoms with van der Waals surface area (Å²) in [5.41, 5.74) is 2.81. The molecular formula is C21H15FN2O2S. The van der Waals surface area contributed by atoms with Crippen LogP contribution in [0.1, 0.15) is 11.1 Å². The fourth-order valence-electron chi connectivity index (χ4n) is 2.81. The van der Waals surface area contributed by atoms with Crippen molar-refractivity contribution < 1.29 is 12.8 Å². The van der Waals surface area contributed by atoms with Crippen LogP contribution in [0.5, 0.6) is 0 Å². The van der Waals surface area contributed by atoms with E-state index in [2.05, 4.69) is 9.97 Å². The average Bonchev–Trinajstić information content (AvgIpc) is 3.16. The van der Waals surface area contributed by atoms with Crippen LogP contribution in [0.25, 0.3) is 23.2 Å². The highest BCUT2D eigenvalue weighted by molar-refractivity contribution is 7.91. The van der Waals surface area contributed by atoms with Gasteiger partial charge in [0.05, 0.1) is 21.6 Å². The minimum Gasteiger partial charge on any atom is -0.345 e. The highest BCUT2D eigenvalue weighted by Gasteiger charge is 2.21. The number of H-pyrrole nitrogens is 1. The quantitative estimate of drug-likeness (QED) is 0.523. The van der Waals surface area contributed by atoms with E-state index in [1.54, 1.807) is 54.6 Å². The summed E-state index contributed by atoms with van der Waals surface area (Å²) in [6, 6.07) is 17.8. The third kappa shape index (κ3) is 3.39. The van der Waals surface area contributed by atoms with E-state index in [4.69, 9.17) is 0 Å².